The minimum absolute atomic E-state index is 0. The van der Waals surface area contributed by atoms with Crippen molar-refractivity contribution in [2.24, 2.45) is 4.99 Å². The standard InChI is InChI=1S/C40H77NO11S.Na/c1-3-5-7-9-11-13-15-17-19-21-23-25-27-29-34(42)33(31-50-40-39(46)38(45)37(44)35(52-40)32-51-53(47,48)49)41-36(43)30-28-26-24-22-20-18-16-14-12-10-8-6-4-2;/h27,29,33-35,37-40,42,44-46H,3-26,28,30-32H2,1-2H3,(H,41,43)(H,47,48,49);/q;+1/p-1/b29-27+;/t33-,34+,35+,37-,38-,39+,40+;/m0./s1. The van der Waals surface area contributed by atoms with Gasteiger partial charge in [-0.3, -0.25) is 9.55 Å². The molecule has 0 amide bonds. The summed E-state index contributed by atoms with van der Waals surface area (Å²) in [5.74, 6) is -0.375. The number of aliphatic hydroxyl groups is 4. The zero-order valence-corrected chi connectivity index (χ0v) is 36.9. The molecule has 0 spiro atoms. The largest absolute Gasteiger partial charge is 1.00 e. The Morgan fingerprint density at radius 3 is 1.63 bits per heavy atom. The predicted molar refractivity (Wildman–Crippen MR) is 208 cm³/mol. The first kappa shape index (κ1) is 53.8. The molecule has 1 heterocycles. The molecule has 314 valence electrons. The van der Waals surface area contributed by atoms with Crippen molar-refractivity contribution < 1.29 is 81.7 Å². The van der Waals surface area contributed by atoms with E-state index < -0.39 is 59.9 Å². The maximum atomic E-state index is 12.9. The number of ether oxygens (including phenoxy) is 2. The molecule has 0 saturated carbocycles. The molecule has 12 nitrogen and oxygen atoms in total. The van der Waals surface area contributed by atoms with Gasteiger partial charge in [0.05, 0.1) is 19.3 Å². The summed E-state index contributed by atoms with van der Waals surface area (Å²) in [6.45, 7) is 3.25. The molecular formula is C40H76NNaO11S. The van der Waals surface area contributed by atoms with Crippen LogP contribution >= 0.6 is 0 Å². The first-order valence-electron chi connectivity index (χ1n) is 21.0. The van der Waals surface area contributed by atoms with Crippen molar-refractivity contribution in [3.05, 3.63) is 12.2 Å². The quantitative estimate of drug-likeness (QED) is 0.0156. The van der Waals surface area contributed by atoms with E-state index in [-0.39, 0.29) is 48.5 Å². The van der Waals surface area contributed by atoms with Crippen molar-refractivity contribution >= 4 is 16.3 Å². The van der Waals surface area contributed by atoms with Gasteiger partial charge < -0.3 is 35.0 Å². The second-order valence-corrected chi connectivity index (χ2v) is 16.0. The van der Waals surface area contributed by atoms with Gasteiger partial charge in [-0.25, -0.2) is 4.18 Å². The Morgan fingerprint density at radius 1 is 0.722 bits per heavy atom. The zero-order valence-electron chi connectivity index (χ0n) is 34.0. The van der Waals surface area contributed by atoms with Crippen molar-refractivity contribution in [3.8, 4) is 0 Å². The van der Waals surface area contributed by atoms with Gasteiger partial charge in [0.1, 0.15) is 30.5 Å². The van der Waals surface area contributed by atoms with Crippen molar-refractivity contribution in [3.63, 3.8) is 0 Å². The van der Waals surface area contributed by atoms with Gasteiger partial charge in [0.2, 0.25) is 0 Å². The summed E-state index contributed by atoms with van der Waals surface area (Å²) in [5, 5.41) is 54.9. The fraction of sp³-hybridized carbons (Fsp3) is 0.925. The number of aliphatic hydroxyl groups excluding tert-OH is 4. The summed E-state index contributed by atoms with van der Waals surface area (Å²) in [6, 6.07) is -1.04. The van der Waals surface area contributed by atoms with Crippen LogP contribution in [0.1, 0.15) is 181 Å². The smallest absolute Gasteiger partial charge is 0.862 e. The van der Waals surface area contributed by atoms with Crippen LogP contribution in [0.4, 0.5) is 0 Å². The normalized spacial score (nSPS) is 22.1. The van der Waals surface area contributed by atoms with Gasteiger partial charge in [-0.1, -0.05) is 167 Å². The van der Waals surface area contributed by atoms with E-state index in [4.69, 9.17) is 14.0 Å². The van der Waals surface area contributed by atoms with Crippen LogP contribution in [-0.2, 0) is 24.1 Å². The molecule has 1 saturated heterocycles. The Kier molecular flexibility index (Phi) is 34.7. The van der Waals surface area contributed by atoms with Crippen molar-refractivity contribution in [2.75, 3.05) is 13.2 Å². The van der Waals surface area contributed by atoms with E-state index in [1.54, 1.807) is 6.08 Å². The van der Waals surface area contributed by atoms with Crippen LogP contribution in [0.5, 0.6) is 0 Å². The van der Waals surface area contributed by atoms with E-state index in [9.17, 15) is 34.0 Å². The maximum Gasteiger partial charge on any atom is 1.00 e. The molecule has 14 heteroatoms. The predicted octanol–water partition coefficient (Wildman–Crippen LogP) is 3.86. The molecule has 0 bridgehead atoms. The number of aliphatic imine (C=N–C) groups is 1. The molecule has 1 fully saturated rings. The van der Waals surface area contributed by atoms with Crippen LogP contribution in [0.2, 0.25) is 0 Å². The molecule has 1 aliphatic heterocycles. The first-order valence-corrected chi connectivity index (χ1v) is 22.4. The van der Waals surface area contributed by atoms with Gasteiger partial charge in [-0.05, 0) is 31.6 Å². The van der Waals surface area contributed by atoms with E-state index in [0.717, 1.165) is 38.5 Å². The average molecular weight is 802 g/mol. The Bertz CT molecular complexity index is 1040. The SMILES string of the molecule is CCCCCCCCCCCCC/C=C/[C@@H](O)[C@H](CO[C@@H]1O[C@H](COS(=O)(=O)O)[C@H](O)[C@H](O)[C@H]1O)N=C([O-])CCCCCCCCCCCCCCC.[Na+]. The number of hydrogen-bond acceptors (Lipinski definition) is 11. The molecule has 0 radical (unpaired) electrons. The third-order valence-corrected chi connectivity index (χ3v) is 10.4. The molecule has 1 aliphatic rings. The second kappa shape index (κ2) is 34.8. The Morgan fingerprint density at radius 2 is 1.17 bits per heavy atom. The van der Waals surface area contributed by atoms with E-state index in [1.165, 1.54) is 116 Å². The summed E-state index contributed by atoms with van der Waals surface area (Å²) >= 11 is 0. The number of allylic oxidation sites excluding steroid dienone is 1. The summed E-state index contributed by atoms with van der Waals surface area (Å²) < 4.78 is 46.3. The fourth-order valence-electron chi connectivity index (χ4n) is 6.58. The van der Waals surface area contributed by atoms with Crippen molar-refractivity contribution in [2.45, 2.75) is 224 Å². The fourth-order valence-corrected chi connectivity index (χ4v) is 6.89. The van der Waals surface area contributed by atoms with Gasteiger partial charge in [0.25, 0.3) is 0 Å². The molecular weight excluding hydrogens is 725 g/mol. The number of rotatable bonds is 35. The van der Waals surface area contributed by atoms with Crippen LogP contribution < -0.4 is 34.7 Å². The summed E-state index contributed by atoms with van der Waals surface area (Å²) in [4.78, 5) is 4.23. The van der Waals surface area contributed by atoms with Crippen LogP contribution in [0.15, 0.2) is 17.1 Å². The number of hydrogen-bond donors (Lipinski definition) is 5. The third-order valence-electron chi connectivity index (χ3n) is 9.99. The van der Waals surface area contributed by atoms with Crippen molar-refractivity contribution in [1.29, 1.82) is 0 Å². The van der Waals surface area contributed by atoms with E-state index >= 15 is 0 Å². The summed E-state index contributed by atoms with van der Waals surface area (Å²) in [5.41, 5.74) is 0. The van der Waals surface area contributed by atoms with E-state index in [0.29, 0.717) is 6.42 Å². The minimum atomic E-state index is -4.86. The van der Waals surface area contributed by atoms with E-state index in [2.05, 4.69) is 23.0 Å². The van der Waals surface area contributed by atoms with Crippen LogP contribution in [0.3, 0.4) is 0 Å². The number of nitrogens with zero attached hydrogens (tertiary/aromatic N) is 1. The summed E-state index contributed by atoms with van der Waals surface area (Å²) in [6.07, 6.45) is 24.0. The van der Waals surface area contributed by atoms with Gasteiger partial charge in [0, 0.05) is 0 Å². The molecule has 0 aromatic heterocycles. The molecule has 7 atom stereocenters. The van der Waals surface area contributed by atoms with Gasteiger partial charge >= 0.3 is 40.0 Å². The van der Waals surface area contributed by atoms with Crippen LogP contribution in [0, 0.1) is 0 Å². The average Bonchev–Trinajstić information content (AvgIpc) is 3.12. The zero-order chi connectivity index (χ0) is 39.2. The topological polar surface area (TPSA) is 198 Å². The first-order chi connectivity index (χ1) is 25.5. The monoisotopic (exact) mass is 802 g/mol. The van der Waals surface area contributed by atoms with E-state index in [1.807, 2.05) is 6.08 Å². The minimum Gasteiger partial charge on any atom is -0.862 e. The maximum absolute atomic E-state index is 12.9. The number of unbranched alkanes of at least 4 members (excludes halogenated alkanes) is 23. The molecule has 0 unspecified atom stereocenters. The Hall–Kier alpha value is -0.160. The van der Waals surface area contributed by atoms with Crippen molar-refractivity contribution in [1.82, 2.24) is 0 Å². The summed E-state index contributed by atoms with van der Waals surface area (Å²) in [7, 11) is -4.86. The van der Waals surface area contributed by atoms with Crippen LogP contribution in [0.25, 0.3) is 0 Å². The molecule has 5 N–H and O–H groups in total. The van der Waals surface area contributed by atoms with Gasteiger partial charge in [-0.2, -0.15) is 8.42 Å². The molecule has 0 aromatic carbocycles. The molecule has 54 heavy (non-hydrogen) atoms. The third kappa shape index (κ3) is 28.3. The van der Waals surface area contributed by atoms with Crippen LogP contribution in [-0.4, -0.2) is 95.4 Å². The Labute approximate surface area is 350 Å². The molecule has 0 aromatic rings. The molecule has 1 rings (SSSR count). The van der Waals surface area contributed by atoms with Gasteiger partial charge in [0.15, 0.2) is 6.29 Å². The molecule has 0 aliphatic carbocycles. The van der Waals surface area contributed by atoms with Gasteiger partial charge in [-0.15, -0.1) is 0 Å². The second-order valence-electron chi connectivity index (χ2n) is 14.9. The Balaban J connectivity index is 0.0000281.